The maximum absolute atomic E-state index is 4.54. The lowest BCUT2D eigenvalue weighted by molar-refractivity contribution is 0.656. The van der Waals surface area contributed by atoms with Gasteiger partial charge in [-0.3, -0.25) is 4.99 Å². The average molecular weight is 300 g/mol. The van der Waals surface area contributed by atoms with Crippen molar-refractivity contribution in [2.24, 2.45) is 10.9 Å². The van der Waals surface area contributed by atoms with Gasteiger partial charge in [-0.25, -0.2) is 4.98 Å². The monoisotopic (exact) mass is 300 g/mol. The van der Waals surface area contributed by atoms with Gasteiger partial charge in [-0.15, -0.1) is 11.3 Å². The highest BCUT2D eigenvalue weighted by Crippen LogP contribution is 2.20. The van der Waals surface area contributed by atoms with E-state index in [-0.39, 0.29) is 0 Å². The molecule has 1 aromatic rings. The molecule has 1 rings (SSSR count). The van der Waals surface area contributed by atoms with Crippen LogP contribution in [0.25, 0.3) is 0 Å². The largest absolute Gasteiger partial charge is 0.357 e. The Bertz CT molecular complexity index is 350. The quantitative estimate of drug-likeness (QED) is 0.335. The van der Waals surface area contributed by atoms with Crippen LogP contribution in [-0.2, 0) is 0 Å². The Kier molecular flexibility index (Phi) is 8.66. The molecular weight excluding hydrogens is 276 g/mol. The van der Waals surface area contributed by atoms with Crippen LogP contribution in [0.4, 0.5) is 0 Å². The fraction of sp³-hybridized carbons (Fsp3) is 0.692. The Hall–Kier alpha value is -0.750. The molecule has 4 nitrogen and oxygen atoms in total. The van der Waals surface area contributed by atoms with E-state index in [4.69, 9.17) is 0 Å². The lowest BCUT2D eigenvalue weighted by Gasteiger charge is -2.11. The third-order valence-corrected chi connectivity index (χ3v) is 4.26. The second-order valence-electron chi connectivity index (χ2n) is 4.54. The van der Waals surface area contributed by atoms with E-state index >= 15 is 0 Å². The number of nitrogens with zero attached hydrogens (tertiary/aromatic N) is 2. The average Bonchev–Trinajstić information content (AvgIpc) is 2.88. The SMILES string of the molecule is CCNC(=NCC(C)C)NCCCSc1nccs1. The Morgan fingerprint density at radius 1 is 1.47 bits per heavy atom. The zero-order valence-electron chi connectivity index (χ0n) is 12.0. The van der Waals surface area contributed by atoms with Crippen molar-refractivity contribution in [3.63, 3.8) is 0 Å². The summed E-state index contributed by atoms with van der Waals surface area (Å²) in [5, 5.41) is 8.65. The Morgan fingerprint density at radius 3 is 2.95 bits per heavy atom. The van der Waals surface area contributed by atoms with Crippen LogP contribution >= 0.6 is 23.1 Å². The summed E-state index contributed by atoms with van der Waals surface area (Å²) < 4.78 is 1.15. The zero-order valence-corrected chi connectivity index (χ0v) is 13.6. The maximum atomic E-state index is 4.54. The second kappa shape index (κ2) is 10.1. The van der Waals surface area contributed by atoms with Crippen LogP contribution in [0.5, 0.6) is 0 Å². The predicted molar refractivity (Wildman–Crippen MR) is 86.3 cm³/mol. The topological polar surface area (TPSA) is 49.3 Å². The predicted octanol–water partition coefficient (Wildman–Crippen LogP) is 2.84. The number of nitrogens with one attached hydrogen (secondary N) is 2. The molecule has 0 fully saturated rings. The summed E-state index contributed by atoms with van der Waals surface area (Å²) in [7, 11) is 0. The highest BCUT2D eigenvalue weighted by Gasteiger charge is 1.99. The summed E-state index contributed by atoms with van der Waals surface area (Å²) in [6.45, 7) is 9.16. The Labute approximate surface area is 124 Å². The normalized spacial score (nSPS) is 11.9. The Morgan fingerprint density at radius 2 is 2.32 bits per heavy atom. The lowest BCUT2D eigenvalue weighted by atomic mass is 10.2. The molecule has 2 N–H and O–H groups in total. The molecule has 0 bridgehead atoms. The minimum atomic E-state index is 0.593. The van der Waals surface area contributed by atoms with Crippen LogP contribution in [0.15, 0.2) is 20.9 Å². The zero-order chi connectivity index (χ0) is 13.9. The van der Waals surface area contributed by atoms with E-state index in [2.05, 4.69) is 41.4 Å². The van der Waals surface area contributed by atoms with Gasteiger partial charge >= 0.3 is 0 Å². The number of guanidine groups is 1. The number of hydrogen-bond donors (Lipinski definition) is 2. The molecule has 0 radical (unpaired) electrons. The molecule has 0 spiro atoms. The summed E-state index contributed by atoms with van der Waals surface area (Å²) >= 11 is 3.52. The van der Waals surface area contributed by atoms with Crippen LogP contribution in [-0.4, -0.2) is 36.3 Å². The first-order valence-electron chi connectivity index (χ1n) is 6.76. The Balaban J connectivity index is 2.15. The van der Waals surface area contributed by atoms with Crippen LogP contribution in [0, 0.1) is 5.92 Å². The molecule has 1 aromatic heterocycles. The van der Waals surface area contributed by atoms with Crippen LogP contribution in [0.1, 0.15) is 27.2 Å². The molecule has 19 heavy (non-hydrogen) atoms. The van der Waals surface area contributed by atoms with Gasteiger partial charge in [-0.2, -0.15) is 0 Å². The van der Waals surface area contributed by atoms with Gasteiger partial charge in [0, 0.05) is 37.0 Å². The van der Waals surface area contributed by atoms with Crippen molar-refractivity contribution in [3.8, 4) is 0 Å². The van der Waals surface area contributed by atoms with Gasteiger partial charge in [0.15, 0.2) is 5.96 Å². The van der Waals surface area contributed by atoms with Gasteiger partial charge in [0.1, 0.15) is 4.34 Å². The molecule has 0 aromatic carbocycles. The molecule has 0 aliphatic rings. The second-order valence-corrected chi connectivity index (χ2v) is 6.78. The molecule has 0 atom stereocenters. The first kappa shape index (κ1) is 16.3. The van der Waals surface area contributed by atoms with Crippen molar-refractivity contribution in [2.45, 2.75) is 31.5 Å². The third-order valence-electron chi connectivity index (χ3n) is 2.21. The highest BCUT2D eigenvalue weighted by molar-refractivity contribution is 8.00. The van der Waals surface area contributed by atoms with Crippen molar-refractivity contribution >= 4 is 29.1 Å². The standard InChI is InChI=1S/C13H24N4S2/c1-4-14-12(17-10-11(2)3)15-6-5-8-18-13-16-7-9-19-13/h7,9,11H,4-6,8,10H2,1-3H3,(H2,14,15,17). The van der Waals surface area contributed by atoms with Gasteiger partial charge in [0.05, 0.1) is 0 Å². The molecule has 6 heteroatoms. The van der Waals surface area contributed by atoms with E-state index in [9.17, 15) is 0 Å². The summed E-state index contributed by atoms with van der Waals surface area (Å²) in [6.07, 6.45) is 2.96. The van der Waals surface area contributed by atoms with E-state index in [1.165, 1.54) is 0 Å². The summed E-state index contributed by atoms with van der Waals surface area (Å²) in [5.41, 5.74) is 0. The highest BCUT2D eigenvalue weighted by atomic mass is 32.2. The minimum Gasteiger partial charge on any atom is -0.357 e. The van der Waals surface area contributed by atoms with Crippen LogP contribution in [0.3, 0.4) is 0 Å². The summed E-state index contributed by atoms with van der Waals surface area (Å²) in [5.74, 6) is 2.61. The first-order valence-corrected chi connectivity index (χ1v) is 8.63. The lowest BCUT2D eigenvalue weighted by Crippen LogP contribution is -2.38. The first-order chi connectivity index (χ1) is 9.22. The van der Waals surface area contributed by atoms with Gasteiger partial charge in [-0.1, -0.05) is 25.6 Å². The fourth-order valence-electron chi connectivity index (χ4n) is 1.34. The number of aliphatic imine (C=N–C) groups is 1. The minimum absolute atomic E-state index is 0.593. The molecule has 0 aliphatic heterocycles. The van der Waals surface area contributed by atoms with Crippen molar-refractivity contribution < 1.29 is 0 Å². The molecule has 0 unspecified atom stereocenters. The van der Waals surface area contributed by atoms with Gasteiger partial charge in [0.2, 0.25) is 0 Å². The van der Waals surface area contributed by atoms with E-state index in [1.807, 2.05) is 23.3 Å². The van der Waals surface area contributed by atoms with E-state index in [0.717, 1.165) is 42.1 Å². The molecule has 0 aliphatic carbocycles. The van der Waals surface area contributed by atoms with E-state index < -0.39 is 0 Å². The number of thiazole rings is 1. The molecule has 0 saturated heterocycles. The summed E-state index contributed by atoms with van der Waals surface area (Å²) in [4.78, 5) is 8.79. The molecule has 0 amide bonds. The third kappa shape index (κ3) is 8.10. The van der Waals surface area contributed by atoms with Gasteiger partial charge < -0.3 is 10.6 Å². The summed E-state index contributed by atoms with van der Waals surface area (Å²) in [6, 6.07) is 0. The molecule has 108 valence electrons. The number of thioether (sulfide) groups is 1. The van der Waals surface area contributed by atoms with E-state index in [0.29, 0.717) is 5.92 Å². The van der Waals surface area contributed by atoms with Gasteiger partial charge in [0.25, 0.3) is 0 Å². The number of hydrogen-bond acceptors (Lipinski definition) is 4. The fourth-order valence-corrected chi connectivity index (χ4v) is 2.98. The maximum Gasteiger partial charge on any atom is 0.191 e. The van der Waals surface area contributed by atoms with Crippen molar-refractivity contribution in [1.82, 2.24) is 15.6 Å². The molecular formula is C13H24N4S2. The van der Waals surface area contributed by atoms with Gasteiger partial charge in [-0.05, 0) is 19.3 Å². The van der Waals surface area contributed by atoms with Crippen LogP contribution in [0.2, 0.25) is 0 Å². The van der Waals surface area contributed by atoms with Crippen molar-refractivity contribution in [1.29, 1.82) is 0 Å². The number of aromatic nitrogens is 1. The van der Waals surface area contributed by atoms with Crippen molar-refractivity contribution in [3.05, 3.63) is 11.6 Å². The molecule has 0 saturated carbocycles. The number of rotatable bonds is 8. The van der Waals surface area contributed by atoms with Crippen LogP contribution < -0.4 is 10.6 Å². The smallest absolute Gasteiger partial charge is 0.191 e. The van der Waals surface area contributed by atoms with Crippen molar-refractivity contribution in [2.75, 3.05) is 25.4 Å². The van der Waals surface area contributed by atoms with E-state index in [1.54, 1.807) is 11.3 Å². The molecule has 1 heterocycles.